The number of nitrogens with zero attached hydrogens (tertiary/aromatic N) is 3. The van der Waals surface area contributed by atoms with Crippen molar-refractivity contribution in [3.63, 3.8) is 0 Å². The lowest BCUT2D eigenvalue weighted by atomic mass is 10.00. The molecule has 1 fully saturated rings. The van der Waals surface area contributed by atoms with Gasteiger partial charge in [0.15, 0.2) is 0 Å². The molecular formula is C33H37N3O5. The maximum absolute atomic E-state index is 13.2. The van der Waals surface area contributed by atoms with Crippen LogP contribution in [-0.4, -0.2) is 52.9 Å². The smallest absolute Gasteiger partial charge is 0.332 e. The number of fused-ring (bicyclic) bond motifs is 1. The monoisotopic (exact) mass is 555 g/mol. The highest BCUT2D eigenvalue weighted by molar-refractivity contribution is 5.79. The highest BCUT2D eigenvalue weighted by atomic mass is 16.5. The number of likely N-dealkylation sites (tertiary alicyclic amines) is 1. The van der Waals surface area contributed by atoms with E-state index in [-0.39, 0.29) is 24.3 Å². The molecule has 0 aliphatic carbocycles. The fraction of sp³-hybridized carbons (Fsp3) is 0.364. The van der Waals surface area contributed by atoms with Crippen molar-refractivity contribution >= 4 is 16.9 Å². The summed E-state index contributed by atoms with van der Waals surface area (Å²) in [5, 5.41) is 0.419. The van der Waals surface area contributed by atoms with Crippen molar-refractivity contribution in [2.45, 2.75) is 51.0 Å². The van der Waals surface area contributed by atoms with Gasteiger partial charge in [-0.3, -0.25) is 18.7 Å². The molecule has 214 valence electrons. The zero-order valence-electron chi connectivity index (χ0n) is 23.5. The molecule has 1 aliphatic rings. The van der Waals surface area contributed by atoms with E-state index in [1.165, 1.54) is 16.2 Å². The Kier molecular flexibility index (Phi) is 9.44. The number of methoxy groups -OCH3 is 1. The third-order valence-corrected chi connectivity index (χ3v) is 7.82. The number of benzene rings is 3. The summed E-state index contributed by atoms with van der Waals surface area (Å²) in [6.45, 7) is 2.86. The number of piperidine rings is 1. The van der Waals surface area contributed by atoms with Crippen LogP contribution in [0, 0.1) is 0 Å². The molecule has 0 amide bonds. The minimum absolute atomic E-state index is 0.0857. The van der Waals surface area contributed by atoms with Gasteiger partial charge in [-0.1, -0.05) is 72.8 Å². The number of hydrogen-bond donors (Lipinski definition) is 0. The maximum Gasteiger partial charge on any atom is 0.332 e. The fourth-order valence-corrected chi connectivity index (χ4v) is 5.59. The Morgan fingerprint density at radius 2 is 1.39 bits per heavy atom. The molecule has 5 rings (SSSR count). The van der Waals surface area contributed by atoms with Gasteiger partial charge in [-0.2, -0.15) is 0 Å². The summed E-state index contributed by atoms with van der Waals surface area (Å²) in [6.07, 6.45) is 3.56. The molecule has 0 atom stereocenters. The fourth-order valence-electron chi connectivity index (χ4n) is 5.59. The van der Waals surface area contributed by atoms with E-state index in [1.54, 1.807) is 24.3 Å². The Balaban J connectivity index is 1.16. The number of rotatable bonds is 11. The van der Waals surface area contributed by atoms with Gasteiger partial charge in [0.2, 0.25) is 0 Å². The van der Waals surface area contributed by atoms with Crippen molar-refractivity contribution in [3.05, 3.63) is 117 Å². The van der Waals surface area contributed by atoms with Crippen LogP contribution < -0.4 is 11.2 Å². The van der Waals surface area contributed by atoms with Gasteiger partial charge in [0.05, 0.1) is 24.1 Å². The average Bonchev–Trinajstić information content (AvgIpc) is 3.03. The molecule has 0 radical (unpaired) electrons. The number of hydrogen-bond acceptors (Lipinski definition) is 6. The SMILES string of the molecule is COC(=O)Cn1c(=O)n(CCCCN2CCC(OC(c3ccccc3)c3ccccc3)CC2)c(=O)c2ccccc21. The second-order valence-corrected chi connectivity index (χ2v) is 10.5. The molecule has 2 heterocycles. The normalized spacial score (nSPS) is 14.5. The van der Waals surface area contributed by atoms with Gasteiger partial charge in [-0.05, 0) is 55.5 Å². The van der Waals surface area contributed by atoms with Crippen molar-refractivity contribution in [2.75, 3.05) is 26.7 Å². The van der Waals surface area contributed by atoms with E-state index < -0.39 is 11.7 Å². The van der Waals surface area contributed by atoms with E-state index in [9.17, 15) is 14.4 Å². The number of ether oxygens (including phenoxy) is 2. The van der Waals surface area contributed by atoms with Crippen LogP contribution in [0.1, 0.15) is 42.9 Å². The van der Waals surface area contributed by atoms with E-state index in [2.05, 4.69) is 53.4 Å². The van der Waals surface area contributed by atoms with Crippen LogP contribution in [0.4, 0.5) is 0 Å². The van der Waals surface area contributed by atoms with Crippen molar-refractivity contribution in [2.24, 2.45) is 0 Å². The minimum atomic E-state index is -0.534. The molecule has 1 aliphatic heterocycles. The van der Waals surface area contributed by atoms with Gasteiger partial charge in [-0.25, -0.2) is 4.79 Å². The lowest BCUT2D eigenvalue weighted by molar-refractivity contribution is -0.141. The summed E-state index contributed by atoms with van der Waals surface area (Å²) in [4.78, 5) is 40.6. The molecule has 0 N–H and O–H groups in total. The molecule has 8 heteroatoms. The Hall–Kier alpha value is -4.01. The largest absolute Gasteiger partial charge is 0.468 e. The molecule has 3 aromatic carbocycles. The third kappa shape index (κ3) is 6.84. The molecule has 0 unspecified atom stereocenters. The highest BCUT2D eigenvalue weighted by Crippen LogP contribution is 2.30. The topological polar surface area (TPSA) is 82.8 Å². The molecule has 41 heavy (non-hydrogen) atoms. The summed E-state index contributed by atoms with van der Waals surface area (Å²) in [5.74, 6) is -0.534. The summed E-state index contributed by atoms with van der Waals surface area (Å²) in [7, 11) is 1.28. The second kappa shape index (κ2) is 13.6. The first-order valence-corrected chi connectivity index (χ1v) is 14.3. The van der Waals surface area contributed by atoms with Crippen LogP contribution >= 0.6 is 0 Å². The Labute approximate surface area is 239 Å². The van der Waals surface area contributed by atoms with E-state index in [0.29, 0.717) is 23.9 Å². The molecule has 8 nitrogen and oxygen atoms in total. The predicted octanol–water partition coefficient (Wildman–Crippen LogP) is 4.39. The van der Waals surface area contributed by atoms with E-state index in [0.717, 1.165) is 50.0 Å². The number of para-hydroxylation sites is 1. The van der Waals surface area contributed by atoms with Gasteiger partial charge in [-0.15, -0.1) is 0 Å². The first-order valence-electron chi connectivity index (χ1n) is 14.3. The first-order chi connectivity index (χ1) is 20.0. The van der Waals surface area contributed by atoms with Crippen LogP contribution in [0.2, 0.25) is 0 Å². The van der Waals surface area contributed by atoms with Crippen molar-refractivity contribution in [1.82, 2.24) is 14.0 Å². The lowest BCUT2D eigenvalue weighted by Crippen LogP contribution is -2.41. The average molecular weight is 556 g/mol. The van der Waals surface area contributed by atoms with Gasteiger partial charge in [0.25, 0.3) is 5.56 Å². The molecule has 1 aromatic heterocycles. The third-order valence-electron chi connectivity index (χ3n) is 7.82. The molecular weight excluding hydrogens is 518 g/mol. The quantitative estimate of drug-likeness (QED) is 0.202. The molecule has 4 aromatic rings. The summed E-state index contributed by atoms with van der Waals surface area (Å²) in [6, 6.07) is 27.6. The Morgan fingerprint density at radius 1 is 0.805 bits per heavy atom. The number of aromatic nitrogens is 2. The van der Waals surface area contributed by atoms with E-state index in [4.69, 9.17) is 9.47 Å². The molecule has 1 saturated heterocycles. The van der Waals surface area contributed by atoms with Crippen LogP contribution in [0.25, 0.3) is 10.9 Å². The first kappa shape index (κ1) is 28.5. The zero-order chi connectivity index (χ0) is 28.6. The van der Waals surface area contributed by atoms with Crippen LogP contribution in [0.3, 0.4) is 0 Å². The van der Waals surface area contributed by atoms with Crippen molar-refractivity contribution < 1.29 is 14.3 Å². The summed E-state index contributed by atoms with van der Waals surface area (Å²) >= 11 is 0. The van der Waals surface area contributed by atoms with Crippen LogP contribution in [0.15, 0.2) is 94.5 Å². The van der Waals surface area contributed by atoms with E-state index in [1.807, 2.05) is 12.1 Å². The molecule has 0 spiro atoms. The lowest BCUT2D eigenvalue weighted by Gasteiger charge is -2.34. The number of unbranched alkanes of at least 4 members (excludes halogenated alkanes) is 1. The van der Waals surface area contributed by atoms with Crippen LogP contribution in [0.5, 0.6) is 0 Å². The zero-order valence-corrected chi connectivity index (χ0v) is 23.5. The van der Waals surface area contributed by atoms with Crippen molar-refractivity contribution in [3.8, 4) is 0 Å². The van der Waals surface area contributed by atoms with Gasteiger partial charge < -0.3 is 14.4 Å². The predicted molar refractivity (Wildman–Crippen MR) is 159 cm³/mol. The highest BCUT2D eigenvalue weighted by Gasteiger charge is 2.24. The Morgan fingerprint density at radius 3 is 2.02 bits per heavy atom. The molecule has 0 saturated carbocycles. The number of carbonyl (C=O) groups excluding carboxylic acids is 1. The van der Waals surface area contributed by atoms with Crippen molar-refractivity contribution in [1.29, 1.82) is 0 Å². The maximum atomic E-state index is 13.2. The van der Waals surface area contributed by atoms with Crippen LogP contribution in [-0.2, 0) is 27.4 Å². The molecule has 0 bridgehead atoms. The van der Waals surface area contributed by atoms with Gasteiger partial charge in [0.1, 0.15) is 12.6 Å². The van der Waals surface area contributed by atoms with E-state index >= 15 is 0 Å². The summed E-state index contributed by atoms with van der Waals surface area (Å²) in [5.41, 5.74) is 1.96. The number of carbonyl (C=O) groups is 1. The van der Waals surface area contributed by atoms with Gasteiger partial charge >= 0.3 is 11.7 Å². The minimum Gasteiger partial charge on any atom is -0.468 e. The van der Waals surface area contributed by atoms with Gasteiger partial charge in [0, 0.05) is 19.6 Å². The second-order valence-electron chi connectivity index (χ2n) is 10.5. The summed E-state index contributed by atoms with van der Waals surface area (Å²) < 4.78 is 14.0. The number of esters is 1. The standard InChI is InChI=1S/C33H37N3O5/c1-40-30(37)24-36-29-17-9-8-16-28(29)32(38)35(33(36)39)21-11-10-20-34-22-18-27(19-23-34)41-31(25-12-4-2-5-13-25)26-14-6-3-7-15-26/h2-9,12-17,27,31H,10-11,18-24H2,1H3. The Bertz CT molecular complexity index is 1520.